The Bertz CT molecular complexity index is 1040. The molecular formula is C26H31N3O2. The summed E-state index contributed by atoms with van der Waals surface area (Å²) in [5.41, 5.74) is 4.17. The molecule has 2 aromatic heterocycles. The van der Waals surface area contributed by atoms with Gasteiger partial charge in [-0.1, -0.05) is 38.1 Å². The number of piperidine rings is 1. The molecule has 0 bridgehead atoms. The second kappa shape index (κ2) is 9.46. The van der Waals surface area contributed by atoms with Gasteiger partial charge in [0.2, 0.25) is 5.91 Å². The van der Waals surface area contributed by atoms with Gasteiger partial charge in [-0.05, 0) is 54.4 Å². The van der Waals surface area contributed by atoms with E-state index in [-0.39, 0.29) is 24.5 Å². The van der Waals surface area contributed by atoms with E-state index in [2.05, 4.69) is 36.1 Å². The number of likely N-dealkylation sites (tertiary alicyclic amines) is 1. The zero-order valence-corrected chi connectivity index (χ0v) is 18.4. The van der Waals surface area contributed by atoms with Crippen molar-refractivity contribution >= 4 is 22.7 Å². The Morgan fingerprint density at radius 2 is 1.84 bits per heavy atom. The van der Waals surface area contributed by atoms with Crippen molar-refractivity contribution in [3.63, 3.8) is 0 Å². The number of nitrogens with one attached hydrogen (secondary N) is 1. The van der Waals surface area contributed by atoms with Crippen LogP contribution in [0.5, 0.6) is 0 Å². The molecular weight excluding hydrogens is 386 g/mol. The minimum absolute atomic E-state index is 0.0469. The van der Waals surface area contributed by atoms with E-state index in [1.165, 1.54) is 16.5 Å². The normalized spacial score (nSPS) is 15.0. The number of aromatic amines is 1. The van der Waals surface area contributed by atoms with E-state index >= 15 is 0 Å². The lowest BCUT2D eigenvalue weighted by atomic mass is 9.89. The van der Waals surface area contributed by atoms with Crippen molar-refractivity contribution in [2.75, 3.05) is 13.1 Å². The van der Waals surface area contributed by atoms with E-state index in [0.29, 0.717) is 17.4 Å². The van der Waals surface area contributed by atoms with Gasteiger partial charge in [0.25, 0.3) is 0 Å². The number of nitrogens with zero attached hydrogens (tertiary/aromatic N) is 2. The molecule has 1 aromatic carbocycles. The highest BCUT2D eigenvalue weighted by Gasteiger charge is 2.25. The Labute approximate surface area is 183 Å². The molecule has 0 saturated carbocycles. The van der Waals surface area contributed by atoms with E-state index in [1.807, 2.05) is 35.2 Å². The number of pyridine rings is 1. The Kier molecular flexibility index (Phi) is 6.50. The summed E-state index contributed by atoms with van der Waals surface area (Å²) in [5.74, 6) is 1.17. The molecule has 1 aliphatic heterocycles. The van der Waals surface area contributed by atoms with Crippen molar-refractivity contribution in [1.29, 1.82) is 0 Å². The predicted octanol–water partition coefficient (Wildman–Crippen LogP) is 5.13. The van der Waals surface area contributed by atoms with Crippen LogP contribution >= 0.6 is 0 Å². The number of amides is 1. The van der Waals surface area contributed by atoms with E-state index in [4.69, 9.17) is 0 Å². The topological polar surface area (TPSA) is 66.1 Å². The monoisotopic (exact) mass is 417 g/mol. The van der Waals surface area contributed by atoms with Crippen LogP contribution in [0.1, 0.15) is 66.9 Å². The third-order valence-electron chi connectivity index (χ3n) is 6.26. The molecule has 0 unspecified atom stereocenters. The van der Waals surface area contributed by atoms with Gasteiger partial charge in [0.1, 0.15) is 5.65 Å². The van der Waals surface area contributed by atoms with Crippen molar-refractivity contribution in [2.24, 2.45) is 5.92 Å². The number of Topliss-reactive ketones (excluding diaryl/α,β-unsaturated/α-hetero) is 1. The van der Waals surface area contributed by atoms with E-state index in [1.54, 1.807) is 6.20 Å². The zero-order chi connectivity index (χ0) is 21.8. The van der Waals surface area contributed by atoms with E-state index in [0.717, 1.165) is 38.0 Å². The number of ketones is 1. The van der Waals surface area contributed by atoms with Crippen LogP contribution in [-0.4, -0.2) is 39.6 Å². The number of aromatic nitrogens is 2. The summed E-state index contributed by atoms with van der Waals surface area (Å²) >= 11 is 0. The fraction of sp³-hybridized carbons (Fsp3) is 0.423. The zero-order valence-electron chi connectivity index (χ0n) is 18.4. The number of fused-ring (bicyclic) bond motifs is 1. The first kappa shape index (κ1) is 21.3. The average molecular weight is 418 g/mol. The minimum atomic E-state index is 0.0469. The van der Waals surface area contributed by atoms with Gasteiger partial charge >= 0.3 is 0 Å². The molecule has 162 valence electrons. The highest BCUT2D eigenvalue weighted by Crippen LogP contribution is 2.32. The molecule has 1 N–H and O–H groups in total. The Morgan fingerprint density at radius 1 is 1.10 bits per heavy atom. The molecule has 0 atom stereocenters. The summed E-state index contributed by atoms with van der Waals surface area (Å²) in [6.07, 6.45) is 7.32. The molecule has 1 saturated heterocycles. The quantitative estimate of drug-likeness (QED) is 0.542. The fourth-order valence-corrected chi connectivity index (χ4v) is 4.58. The van der Waals surface area contributed by atoms with Crippen LogP contribution < -0.4 is 0 Å². The van der Waals surface area contributed by atoms with Gasteiger partial charge in [0.05, 0.1) is 0 Å². The van der Waals surface area contributed by atoms with Crippen molar-refractivity contribution in [3.05, 3.63) is 65.5 Å². The maximum atomic E-state index is 12.7. The van der Waals surface area contributed by atoms with Crippen molar-refractivity contribution in [2.45, 2.75) is 51.9 Å². The highest BCUT2D eigenvalue weighted by atomic mass is 16.2. The SMILES string of the molecule is CC(C)Cc1ccc(C(=O)CCC(=O)N2CCC(c3c[nH]c4ncccc34)CC2)cc1. The summed E-state index contributed by atoms with van der Waals surface area (Å²) < 4.78 is 0. The number of benzene rings is 1. The van der Waals surface area contributed by atoms with Crippen LogP contribution in [0.25, 0.3) is 11.0 Å². The van der Waals surface area contributed by atoms with Crippen molar-refractivity contribution in [1.82, 2.24) is 14.9 Å². The molecule has 5 nitrogen and oxygen atoms in total. The third-order valence-corrected chi connectivity index (χ3v) is 6.26. The number of H-pyrrole nitrogens is 1. The number of hydrogen-bond acceptors (Lipinski definition) is 3. The van der Waals surface area contributed by atoms with E-state index in [9.17, 15) is 9.59 Å². The second-order valence-corrected chi connectivity index (χ2v) is 9.02. The molecule has 1 fully saturated rings. The largest absolute Gasteiger partial charge is 0.346 e. The first-order chi connectivity index (χ1) is 15.0. The minimum Gasteiger partial charge on any atom is -0.346 e. The Morgan fingerprint density at radius 3 is 2.55 bits per heavy atom. The van der Waals surface area contributed by atoms with E-state index < -0.39 is 0 Å². The summed E-state index contributed by atoms with van der Waals surface area (Å²) in [6.45, 7) is 5.86. The third kappa shape index (κ3) is 5.04. The summed E-state index contributed by atoms with van der Waals surface area (Å²) in [5, 5.41) is 1.18. The number of rotatable bonds is 7. The molecule has 0 spiro atoms. The van der Waals surface area contributed by atoms with Crippen LogP contribution in [0.2, 0.25) is 0 Å². The molecule has 5 heteroatoms. The molecule has 3 heterocycles. The van der Waals surface area contributed by atoms with Crippen LogP contribution in [0, 0.1) is 5.92 Å². The molecule has 0 aliphatic carbocycles. The van der Waals surface area contributed by atoms with Crippen LogP contribution in [-0.2, 0) is 11.2 Å². The Hall–Kier alpha value is -2.95. The summed E-state index contributed by atoms with van der Waals surface area (Å²) in [7, 11) is 0. The van der Waals surface area contributed by atoms with Crippen LogP contribution in [0.3, 0.4) is 0 Å². The van der Waals surface area contributed by atoms with Crippen molar-refractivity contribution < 1.29 is 9.59 Å². The number of hydrogen-bond donors (Lipinski definition) is 1. The lowest BCUT2D eigenvalue weighted by molar-refractivity contribution is -0.132. The summed E-state index contributed by atoms with van der Waals surface area (Å²) in [6, 6.07) is 11.9. The predicted molar refractivity (Wildman–Crippen MR) is 123 cm³/mol. The Balaban J connectivity index is 1.27. The molecule has 3 aromatic rings. The van der Waals surface area contributed by atoms with Crippen molar-refractivity contribution in [3.8, 4) is 0 Å². The fourth-order valence-electron chi connectivity index (χ4n) is 4.58. The average Bonchev–Trinajstić information content (AvgIpc) is 3.21. The first-order valence-electron chi connectivity index (χ1n) is 11.3. The molecule has 31 heavy (non-hydrogen) atoms. The van der Waals surface area contributed by atoms with Crippen LogP contribution in [0.15, 0.2) is 48.8 Å². The van der Waals surface area contributed by atoms with Gasteiger partial charge in [-0.3, -0.25) is 9.59 Å². The maximum Gasteiger partial charge on any atom is 0.223 e. The van der Waals surface area contributed by atoms with Gasteiger partial charge in [-0.15, -0.1) is 0 Å². The van der Waals surface area contributed by atoms with Crippen LogP contribution in [0.4, 0.5) is 0 Å². The smallest absolute Gasteiger partial charge is 0.223 e. The second-order valence-electron chi connectivity index (χ2n) is 9.02. The molecule has 1 aliphatic rings. The number of carbonyl (C=O) groups is 2. The molecule has 1 amide bonds. The number of carbonyl (C=O) groups excluding carboxylic acids is 2. The highest BCUT2D eigenvalue weighted by molar-refractivity contribution is 5.98. The first-order valence-corrected chi connectivity index (χ1v) is 11.3. The van der Waals surface area contributed by atoms with Gasteiger partial charge in [-0.25, -0.2) is 4.98 Å². The van der Waals surface area contributed by atoms with Gasteiger partial charge < -0.3 is 9.88 Å². The van der Waals surface area contributed by atoms with Gasteiger partial charge in [0.15, 0.2) is 5.78 Å². The lowest BCUT2D eigenvalue weighted by Gasteiger charge is -2.32. The molecule has 0 radical (unpaired) electrons. The maximum absolute atomic E-state index is 12.7. The summed E-state index contributed by atoms with van der Waals surface area (Å²) in [4.78, 5) is 34.7. The molecule has 4 rings (SSSR count). The van der Waals surface area contributed by atoms with Gasteiger partial charge in [-0.2, -0.15) is 0 Å². The standard InChI is InChI=1S/C26H31N3O2/c1-18(2)16-19-5-7-21(8-6-19)24(30)9-10-25(31)29-14-11-20(12-15-29)23-17-28-26-22(23)4-3-13-27-26/h3-8,13,17-18,20H,9-12,14-16H2,1-2H3,(H,27,28). The lowest BCUT2D eigenvalue weighted by Crippen LogP contribution is -2.38. The van der Waals surface area contributed by atoms with Gasteiger partial charge in [0, 0.05) is 49.3 Å².